The summed E-state index contributed by atoms with van der Waals surface area (Å²) in [5, 5.41) is 9.76. The Balaban J connectivity index is 2.60. The number of carbonyl (C=O) groups excluding carboxylic acids is 2. The third kappa shape index (κ3) is 4.91. The Hall–Kier alpha value is -2.96. The molecule has 0 fully saturated rings. The van der Waals surface area contributed by atoms with E-state index in [2.05, 4.69) is 9.71 Å². The van der Waals surface area contributed by atoms with Crippen molar-refractivity contribution in [1.29, 1.82) is 0 Å². The maximum atomic E-state index is 12.9. The van der Waals surface area contributed by atoms with Crippen LogP contribution in [-0.2, 0) is 14.8 Å². The summed E-state index contributed by atoms with van der Waals surface area (Å²) in [6.07, 6.45) is 1.57. The molecule has 0 radical (unpaired) electrons. The number of phenols is 1. The molecule has 0 aromatic heterocycles. The van der Waals surface area contributed by atoms with E-state index in [1.54, 1.807) is 18.2 Å². The van der Waals surface area contributed by atoms with Crippen molar-refractivity contribution in [1.82, 2.24) is 0 Å². The lowest BCUT2D eigenvalue weighted by Gasteiger charge is -2.19. The predicted octanol–water partition coefficient (Wildman–Crippen LogP) is 4.61. The highest BCUT2D eigenvalue weighted by atomic mass is 32.2. The van der Waals surface area contributed by atoms with Crippen molar-refractivity contribution in [3.05, 3.63) is 47.0 Å². The summed E-state index contributed by atoms with van der Waals surface area (Å²) in [6.45, 7) is 8.91. The van der Waals surface area contributed by atoms with Gasteiger partial charge in [0.05, 0.1) is 16.1 Å². The minimum atomic E-state index is -4.02. The van der Waals surface area contributed by atoms with Crippen LogP contribution in [0.4, 0.5) is 11.4 Å². The zero-order chi connectivity index (χ0) is 21.9. The first kappa shape index (κ1) is 22.3. The zero-order valence-electron chi connectivity index (χ0n) is 17.0. The highest BCUT2D eigenvalue weighted by Gasteiger charge is 2.21. The molecule has 0 heterocycles. The Morgan fingerprint density at radius 3 is 2.07 bits per heavy atom. The molecule has 0 aliphatic carbocycles. The van der Waals surface area contributed by atoms with Crippen LogP contribution in [0, 0.1) is 0 Å². The van der Waals surface area contributed by atoms with Gasteiger partial charge in [0.15, 0.2) is 5.78 Å². The number of hydrogen-bond donors (Lipinski definition) is 2. The van der Waals surface area contributed by atoms with Gasteiger partial charge in [0.1, 0.15) is 5.75 Å². The molecule has 0 aliphatic heterocycles. The molecule has 7 nitrogen and oxygen atoms in total. The van der Waals surface area contributed by atoms with E-state index < -0.39 is 15.8 Å². The summed E-state index contributed by atoms with van der Waals surface area (Å²) < 4.78 is 28.3. The number of nitrogens with zero attached hydrogens (tertiary/aromatic N) is 1. The Labute approximate surface area is 170 Å². The van der Waals surface area contributed by atoms with Gasteiger partial charge in [-0.2, -0.15) is 4.99 Å². The van der Waals surface area contributed by atoms with Crippen molar-refractivity contribution in [2.45, 2.75) is 51.3 Å². The summed E-state index contributed by atoms with van der Waals surface area (Å²) >= 11 is 0. The van der Waals surface area contributed by atoms with E-state index in [0.717, 1.165) is 6.07 Å². The van der Waals surface area contributed by atoms with Crippen LogP contribution in [0.25, 0.3) is 0 Å². The third-order valence-corrected chi connectivity index (χ3v) is 5.86. The number of ketones is 1. The van der Waals surface area contributed by atoms with E-state index in [9.17, 15) is 23.1 Å². The lowest BCUT2D eigenvalue weighted by molar-refractivity contribution is 0.101. The van der Waals surface area contributed by atoms with Crippen LogP contribution in [0.2, 0.25) is 0 Å². The fourth-order valence-electron chi connectivity index (χ4n) is 2.97. The molecule has 2 rings (SSSR count). The van der Waals surface area contributed by atoms with Gasteiger partial charge in [0, 0.05) is 5.69 Å². The van der Waals surface area contributed by atoms with Crippen molar-refractivity contribution in [3.63, 3.8) is 0 Å². The number of Topliss-reactive ketones (excluding diaryl/α,β-unsaturated/α-hetero) is 1. The number of rotatable bonds is 7. The number of anilines is 1. The molecule has 0 unspecified atom stereocenters. The molecule has 2 N–H and O–H groups in total. The first-order chi connectivity index (χ1) is 13.5. The fraction of sp³-hybridized carbons (Fsp3) is 0.333. The number of phenolic OH excluding ortho intramolecular Hbond substituents is 1. The zero-order valence-corrected chi connectivity index (χ0v) is 17.8. The summed E-state index contributed by atoms with van der Waals surface area (Å²) in [5.41, 5.74) is 2.17. The molecule has 0 saturated heterocycles. The van der Waals surface area contributed by atoms with Crippen LogP contribution in [0.1, 0.15) is 67.9 Å². The Morgan fingerprint density at radius 1 is 1.07 bits per heavy atom. The molecule has 2 aromatic carbocycles. The molecule has 0 atom stereocenters. The molecule has 0 saturated carbocycles. The summed E-state index contributed by atoms with van der Waals surface area (Å²) in [6, 6.07) is 6.80. The third-order valence-electron chi connectivity index (χ3n) is 4.48. The van der Waals surface area contributed by atoms with Gasteiger partial charge in [-0.25, -0.2) is 13.2 Å². The second-order valence-corrected chi connectivity index (χ2v) is 9.04. The van der Waals surface area contributed by atoms with E-state index in [1.807, 2.05) is 27.7 Å². The monoisotopic (exact) mass is 416 g/mol. The number of benzene rings is 2. The predicted molar refractivity (Wildman–Crippen MR) is 111 cm³/mol. The van der Waals surface area contributed by atoms with Crippen LogP contribution < -0.4 is 4.72 Å². The molecule has 29 heavy (non-hydrogen) atoms. The second kappa shape index (κ2) is 8.59. The van der Waals surface area contributed by atoms with Crippen molar-refractivity contribution >= 4 is 33.3 Å². The smallest absolute Gasteiger partial charge is 0.261 e. The van der Waals surface area contributed by atoms with E-state index in [-0.39, 0.29) is 28.0 Å². The number of nitrogens with one attached hydrogen (secondary N) is 1. The Bertz CT molecular complexity index is 1070. The minimum absolute atomic E-state index is 0.0120. The topological polar surface area (TPSA) is 113 Å². The molecular formula is C21H24N2O5S. The molecular weight excluding hydrogens is 392 g/mol. The van der Waals surface area contributed by atoms with Gasteiger partial charge < -0.3 is 5.11 Å². The molecule has 2 aromatic rings. The molecule has 154 valence electrons. The summed E-state index contributed by atoms with van der Waals surface area (Å²) in [7, 11) is -4.02. The van der Waals surface area contributed by atoms with E-state index in [0.29, 0.717) is 22.5 Å². The van der Waals surface area contributed by atoms with Gasteiger partial charge in [0.25, 0.3) is 10.0 Å². The number of sulfonamides is 1. The normalized spacial score (nSPS) is 11.4. The molecule has 0 aliphatic rings. The van der Waals surface area contributed by atoms with Crippen LogP contribution in [0.5, 0.6) is 5.75 Å². The highest BCUT2D eigenvalue weighted by Crippen LogP contribution is 2.38. The molecule has 0 bridgehead atoms. The quantitative estimate of drug-likeness (QED) is 0.389. The maximum Gasteiger partial charge on any atom is 0.261 e. The van der Waals surface area contributed by atoms with Gasteiger partial charge in [-0.05, 0) is 60.2 Å². The average molecular weight is 416 g/mol. The highest BCUT2D eigenvalue weighted by molar-refractivity contribution is 7.92. The molecule has 0 spiro atoms. The Morgan fingerprint density at radius 2 is 1.62 bits per heavy atom. The first-order valence-corrected chi connectivity index (χ1v) is 10.6. The van der Waals surface area contributed by atoms with Crippen LogP contribution in [0.15, 0.2) is 40.2 Å². The minimum Gasteiger partial charge on any atom is -0.507 e. The van der Waals surface area contributed by atoms with Crippen molar-refractivity contribution in [2.24, 2.45) is 4.99 Å². The van der Waals surface area contributed by atoms with Gasteiger partial charge in [-0.15, -0.1) is 0 Å². The SMILES string of the molecule is CC(=O)c1cc(S(=O)(=O)Nc2cc(C(C)C)c(N=C=O)c(C(C)C)c2)ccc1O. The molecule has 8 heteroatoms. The first-order valence-electron chi connectivity index (χ1n) is 9.10. The lowest BCUT2D eigenvalue weighted by Crippen LogP contribution is -2.14. The van der Waals surface area contributed by atoms with Gasteiger partial charge >= 0.3 is 0 Å². The number of aromatic hydroxyl groups is 1. The Kier molecular flexibility index (Phi) is 6.62. The standard InChI is InChI=1S/C21H24N2O5S/c1-12(2)17-8-15(9-18(13(3)4)21(17)22-11-24)23-29(27,28)16-6-7-20(26)19(10-16)14(5)25/h6-10,12-13,23,26H,1-5H3. The number of isocyanates is 1. The lowest BCUT2D eigenvalue weighted by atomic mass is 9.92. The van der Waals surface area contributed by atoms with Gasteiger partial charge in [-0.3, -0.25) is 9.52 Å². The second-order valence-electron chi connectivity index (χ2n) is 7.36. The van der Waals surface area contributed by atoms with Crippen LogP contribution >= 0.6 is 0 Å². The van der Waals surface area contributed by atoms with E-state index >= 15 is 0 Å². The number of carbonyl (C=O) groups is 1. The number of hydrogen-bond acceptors (Lipinski definition) is 6. The van der Waals surface area contributed by atoms with Gasteiger partial charge in [0.2, 0.25) is 6.08 Å². The summed E-state index contributed by atoms with van der Waals surface area (Å²) in [5.74, 6) is -0.749. The average Bonchev–Trinajstić information content (AvgIpc) is 2.62. The fourth-order valence-corrected chi connectivity index (χ4v) is 4.04. The summed E-state index contributed by atoms with van der Waals surface area (Å²) in [4.78, 5) is 26.2. The van der Waals surface area contributed by atoms with Gasteiger partial charge in [-0.1, -0.05) is 27.7 Å². The van der Waals surface area contributed by atoms with Crippen molar-refractivity contribution < 1.29 is 23.1 Å². The van der Waals surface area contributed by atoms with E-state index in [1.165, 1.54) is 19.1 Å². The van der Waals surface area contributed by atoms with Crippen molar-refractivity contribution in [3.8, 4) is 5.75 Å². The molecule has 0 amide bonds. The van der Waals surface area contributed by atoms with Crippen LogP contribution in [-0.4, -0.2) is 25.4 Å². The van der Waals surface area contributed by atoms with Crippen molar-refractivity contribution in [2.75, 3.05) is 4.72 Å². The largest absolute Gasteiger partial charge is 0.507 e. The van der Waals surface area contributed by atoms with Crippen LogP contribution in [0.3, 0.4) is 0 Å². The van der Waals surface area contributed by atoms with E-state index in [4.69, 9.17) is 0 Å². The maximum absolute atomic E-state index is 12.9. The number of aliphatic imine (C=N–C) groups is 1.